The van der Waals surface area contributed by atoms with Gasteiger partial charge < -0.3 is 9.67 Å². The van der Waals surface area contributed by atoms with Crippen LogP contribution in [0.5, 0.6) is 0 Å². The number of hydrogen-bond donors (Lipinski definition) is 1. The molecule has 1 N–H and O–H groups in total. The second-order valence-corrected chi connectivity index (χ2v) is 6.54. The first kappa shape index (κ1) is 12.7. The zero-order valence-corrected chi connectivity index (χ0v) is 11.7. The van der Waals surface area contributed by atoms with Crippen molar-refractivity contribution in [3.8, 4) is 0 Å². The fraction of sp³-hybridized carbons (Fsp3) is 0.733. The predicted molar refractivity (Wildman–Crippen MR) is 71.3 cm³/mol. The maximum atomic E-state index is 10.2. The van der Waals surface area contributed by atoms with Crippen LogP contribution >= 0.6 is 0 Å². The molecule has 1 aliphatic rings. The van der Waals surface area contributed by atoms with Gasteiger partial charge >= 0.3 is 0 Å². The van der Waals surface area contributed by atoms with Crippen molar-refractivity contribution in [3.05, 3.63) is 23.5 Å². The molecule has 2 atom stereocenters. The fourth-order valence-electron chi connectivity index (χ4n) is 2.76. The van der Waals surface area contributed by atoms with Crippen LogP contribution < -0.4 is 0 Å². The van der Waals surface area contributed by atoms with E-state index in [0.717, 1.165) is 0 Å². The molecule has 0 saturated heterocycles. The summed E-state index contributed by atoms with van der Waals surface area (Å²) in [5.74, 6) is 0.532. The van der Waals surface area contributed by atoms with Gasteiger partial charge in [0.15, 0.2) is 0 Å². The van der Waals surface area contributed by atoms with Crippen LogP contribution in [0.15, 0.2) is 12.3 Å². The van der Waals surface area contributed by atoms with Crippen molar-refractivity contribution < 1.29 is 5.11 Å². The van der Waals surface area contributed by atoms with Crippen LogP contribution in [0, 0.1) is 12.8 Å². The molecular weight excluding hydrogens is 210 g/mol. The highest BCUT2D eigenvalue weighted by molar-refractivity contribution is 5.29. The summed E-state index contributed by atoms with van der Waals surface area (Å²) in [4.78, 5) is 0. The van der Waals surface area contributed by atoms with Gasteiger partial charge in [-0.15, -0.1) is 0 Å². The standard InChI is InChI=1S/C15H25NO/c1-10-13(15(3,4)5)8-9-16(10)11(2)14(17)12-6-7-12/h8-9,11-12,14,17H,6-7H2,1-5H3. The molecular formula is C15H25NO. The molecule has 0 aliphatic heterocycles. The van der Waals surface area contributed by atoms with Crippen molar-refractivity contribution in [2.75, 3.05) is 0 Å². The van der Waals surface area contributed by atoms with Gasteiger partial charge in [0, 0.05) is 11.9 Å². The minimum Gasteiger partial charge on any atom is -0.391 e. The van der Waals surface area contributed by atoms with E-state index in [1.807, 2.05) is 0 Å². The Kier molecular flexibility index (Phi) is 3.11. The molecule has 1 aromatic heterocycles. The minimum absolute atomic E-state index is 0.180. The summed E-state index contributed by atoms with van der Waals surface area (Å²) in [6.07, 6.45) is 4.33. The third-order valence-corrected chi connectivity index (χ3v) is 4.02. The van der Waals surface area contributed by atoms with E-state index < -0.39 is 0 Å². The summed E-state index contributed by atoms with van der Waals surface area (Å²) < 4.78 is 2.24. The van der Waals surface area contributed by atoms with Gasteiger partial charge in [0.05, 0.1) is 12.1 Å². The molecule has 0 aromatic carbocycles. The SMILES string of the molecule is Cc1c(C(C)(C)C)ccn1C(C)C(O)C1CC1. The van der Waals surface area contributed by atoms with Gasteiger partial charge in [-0.05, 0) is 49.7 Å². The monoisotopic (exact) mass is 235 g/mol. The van der Waals surface area contributed by atoms with Crippen LogP contribution in [0.25, 0.3) is 0 Å². The van der Waals surface area contributed by atoms with Crippen LogP contribution in [0.2, 0.25) is 0 Å². The van der Waals surface area contributed by atoms with Gasteiger partial charge in [-0.2, -0.15) is 0 Å². The summed E-state index contributed by atoms with van der Waals surface area (Å²) in [7, 11) is 0. The maximum Gasteiger partial charge on any atom is 0.0772 e. The first-order valence-corrected chi connectivity index (χ1v) is 6.68. The molecule has 1 heterocycles. The van der Waals surface area contributed by atoms with Gasteiger partial charge in [0.1, 0.15) is 0 Å². The topological polar surface area (TPSA) is 25.2 Å². The van der Waals surface area contributed by atoms with Crippen molar-refractivity contribution in [2.24, 2.45) is 5.92 Å². The Morgan fingerprint density at radius 3 is 2.35 bits per heavy atom. The number of aliphatic hydroxyl groups excluding tert-OH is 1. The molecule has 1 saturated carbocycles. The van der Waals surface area contributed by atoms with Crippen molar-refractivity contribution in [3.63, 3.8) is 0 Å². The zero-order chi connectivity index (χ0) is 12.8. The largest absolute Gasteiger partial charge is 0.391 e. The first-order chi connectivity index (χ1) is 7.82. The molecule has 17 heavy (non-hydrogen) atoms. The molecule has 0 spiro atoms. The fourth-order valence-corrected chi connectivity index (χ4v) is 2.76. The smallest absolute Gasteiger partial charge is 0.0772 e. The summed E-state index contributed by atoms with van der Waals surface area (Å²) >= 11 is 0. The summed E-state index contributed by atoms with van der Waals surface area (Å²) in [5, 5.41) is 10.2. The third kappa shape index (κ3) is 2.42. The van der Waals surface area contributed by atoms with E-state index >= 15 is 0 Å². The lowest BCUT2D eigenvalue weighted by Gasteiger charge is -2.24. The van der Waals surface area contributed by atoms with Crippen LogP contribution in [-0.4, -0.2) is 15.8 Å². The predicted octanol–water partition coefficient (Wildman–Crippen LogP) is 3.43. The van der Waals surface area contributed by atoms with Crippen molar-refractivity contribution in [2.45, 2.75) is 65.0 Å². The number of rotatable bonds is 3. The van der Waals surface area contributed by atoms with E-state index in [4.69, 9.17) is 0 Å². The molecule has 1 fully saturated rings. The molecule has 2 rings (SSSR count). The van der Waals surface area contributed by atoms with Crippen LogP contribution in [0.1, 0.15) is 57.8 Å². The molecule has 0 amide bonds. The van der Waals surface area contributed by atoms with Gasteiger partial charge in [-0.1, -0.05) is 20.8 Å². The molecule has 1 aliphatic carbocycles. The Morgan fingerprint density at radius 2 is 1.94 bits per heavy atom. The van der Waals surface area contributed by atoms with E-state index in [2.05, 4.69) is 51.4 Å². The number of aliphatic hydroxyl groups is 1. The van der Waals surface area contributed by atoms with Gasteiger partial charge in [-0.3, -0.25) is 0 Å². The van der Waals surface area contributed by atoms with Crippen molar-refractivity contribution in [1.82, 2.24) is 4.57 Å². The number of hydrogen-bond acceptors (Lipinski definition) is 1. The summed E-state index contributed by atoms with van der Waals surface area (Å²) in [6.45, 7) is 11.0. The average molecular weight is 235 g/mol. The van der Waals surface area contributed by atoms with Crippen molar-refractivity contribution >= 4 is 0 Å². The van der Waals surface area contributed by atoms with Gasteiger partial charge in [0.2, 0.25) is 0 Å². The molecule has 2 heteroatoms. The highest BCUT2D eigenvalue weighted by Gasteiger charge is 2.34. The molecule has 2 nitrogen and oxygen atoms in total. The van der Waals surface area contributed by atoms with E-state index in [0.29, 0.717) is 5.92 Å². The lowest BCUT2D eigenvalue weighted by molar-refractivity contribution is 0.0985. The molecule has 2 unspecified atom stereocenters. The molecule has 1 aromatic rings. The summed E-state index contributed by atoms with van der Waals surface area (Å²) in [5.41, 5.74) is 2.86. The van der Waals surface area contributed by atoms with Crippen LogP contribution in [0.3, 0.4) is 0 Å². The van der Waals surface area contributed by atoms with E-state index in [1.165, 1.54) is 24.1 Å². The van der Waals surface area contributed by atoms with Crippen LogP contribution in [-0.2, 0) is 5.41 Å². The van der Waals surface area contributed by atoms with Gasteiger partial charge in [0.25, 0.3) is 0 Å². The summed E-state index contributed by atoms with van der Waals surface area (Å²) in [6, 6.07) is 2.39. The minimum atomic E-state index is -0.186. The Hall–Kier alpha value is -0.760. The highest BCUT2D eigenvalue weighted by Crippen LogP contribution is 2.38. The molecule has 0 bridgehead atoms. The average Bonchev–Trinajstić information content (AvgIpc) is 2.98. The number of nitrogens with zero attached hydrogens (tertiary/aromatic N) is 1. The number of aromatic nitrogens is 1. The van der Waals surface area contributed by atoms with E-state index in [9.17, 15) is 5.11 Å². The van der Waals surface area contributed by atoms with Crippen molar-refractivity contribution in [1.29, 1.82) is 0 Å². The zero-order valence-electron chi connectivity index (χ0n) is 11.7. The Morgan fingerprint density at radius 1 is 1.35 bits per heavy atom. The van der Waals surface area contributed by atoms with Crippen LogP contribution in [0.4, 0.5) is 0 Å². The first-order valence-electron chi connectivity index (χ1n) is 6.68. The Balaban J connectivity index is 2.24. The maximum absolute atomic E-state index is 10.2. The van der Waals surface area contributed by atoms with E-state index in [-0.39, 0.29) is 17.6 Å². The Labute approximate surface area is 105 Å². The van der Waals surface area contributed by atoms with Gasteiger partial charge in [-0.25, -0.2) is 0 Å². The second-order valence-electron chi connectivity index (χ2n) is 6.54. The normalized spacial score (nSPS) is 20.4. The lowest BCUT2D eigenvalue weighted by atomic mass is 9.87. The highest BCUT2D eigenvalue weighted by atomic mass is 16.3. The van der Waals surface area contributed by atoms with E-state index in [1.54, 1.807) is 0 Å². The third-order valence-electron chi connectivity index (χ3n) is 4.02. The Bertz CT molecular complexity index is 396. The lowest BCUT2D eigenvalue weighted by Crippen LogP contribution is -2.24. The molecule has 0 radical (unpaired) electrons. The molecule has 96 valence electrons. The second kappa shape index (κ2) is 4.16. The quantitative estimate of drug-likeness (QED) is 0.853.